The molecule has 0 aliphatic carbocycles. The first kappa shape index (κ1) is 20.1. The molecule has 0 aromatic carbocycles. The largest absolute Gasteiger partial charge is 0.309 e. The maximum atomic E-state index is 4.19. The molecule has 0 aromatic rings. The minimum atomic E-state index is 0.253. The van der Waals surface area contributed by atoms with E-state index < -0.39 is 0 Å². The first-order valence-corrected chi connectivity index (χ1v) is 8.06. The highest BCUT2D eigenvalue weighted by molar-refractivity contribution is 5.26. The Morgan fingerprint density at radius 1 is 1.05 bits per heavy atom. The average molecular weight is 293 g/mol. The van der Waals surface area contributed by atoms with Crippen molar-refractivity contribution in [2.45, 2.75) is 45.6 Å². The second-order valence-corrected chi connectivity index (χ2v) is 6.33. The van der Waals surface area contributed by atoms with Crippen LogP contribution in [-0.4, -0.2) is 63.3 Å². The van der Waals surface area contributed by atoms with E-state index in [1.165, 1.54) is 37.9 Å². The molecule has 0 spiro atoms. The van der Waals surface area contributed by atoms with Crippen LogP contribution in [-0.2, 0) is 0 Å². The van der Waals surface area contributed by atoms with Crippen LogP contribution >= 0.6 is 0 Å². The maximum absolute atomic E-state index is 4.19. The van der Waals surface area contributed by atoms with Gasteiger partial charge in [-0.25, -0.2) is 0 Å². The summed E-state index contributed by atoms with van der Waals surface area (Å²) in [5.74, 6) is 0. The molecule has 0 saturated carbocycles. The summed E-state index contributed by atoms with van der Waals surface area (Å²) in [5.41, 5.74) is 1.31. The molecule has 122 valence electrons. The van der Waals surface area contributed by atoms with Gasteiger partial charge in [0.1, 0.15) is 0 Å². The van der Waals surface area contributed by atoms with E-state index >= 15 is 0 Å². The van der Waals surface area contributed by atoms with E-state index in [-0.39, 0.29) is 6.04 Å². The fourth-order valence-electron chi connectivity index (χ4n) is 2.12. The Balaban J connectivity index is 3.76. The third-order valence-electron chi connectivity index (χ3n) is 3.43. The Morgan fingerprint density at radius 2 is 1.67 bits per heavy atom. The number of rotatable bonds is 12. The SMILES string of the molecule is C=NC(/C=C\C=C(C)C)CCCN(C)CCCCN(C)C. The summed E-state index contributed by atoms with van der Waals surface area (Å²) in [5, 5.41) is 0. The Kier molecular flexibility index (Phi) is 12.2. The fourth-order valence-corrected chi connectivity index (χ4v) is 2.12. The van der Waals surface area contributed by atoms with Gasteiger partial charge in [-0.1, -0.05) is 23.8 Å². The monoisotopic (exact) mass is 293 g/mol. The summed E-state index contributed by atoms with van der Waals surface area (Å²) in [6.45, 7) is 11.4. The lowest BCUT2D eigenvalue weighted by Gasteiger charge is -2.18. The number of nitrogens with zero attached hydrogens (tertiary/aromatic N) is 3. The van der Waals surface area contributed by atoms with Crippen LogP contribution < -0.4 is 0 Å². The molecule has 1 atom stereocenters. The van der Waals surface area contributed by atoms with E-state index in [4.69, 9.17) is 0 Å². The molecular weight excluding hydrogens is 258 g/mol. The lowest BCUT2D eigenvalue weighted by molar-refractivity contribution is 0.304. The molecule has 0 fully saturated rings. The Hall–Kier alpha value is -0.930. The molecule has 0 bridgehead atoms. The standard InChI is InChI=1S/C18H35N3/c1-17(2)11-9-12-18(19-3)13-10-16-21(6)15-8-7-14-20(4)5/h9,11-12,18H,3,7-8,10,13-16H2,1-2,4-6H3/b12-9-. The number of aliphatic imine (C=N–C) groups is 1. The van der Waals surface area contributed by atoms with Gasteiger partial charge >= 0.3 is 0 Å². The number of allylic oxidation sites excluding steroid dienone is 3. The number of unbranched alkanes of at least 4 members (excludes halogenated alkanes) is 1. The first-order chi connectivity index (χ1) is 9.95. The lowest BCUT2D eigenvalue weighted by Crippen LogP contribution is -2.23. The highest BCUT2D eigenvalue weighted by Gasteiger charge is 2.03. The predicted molar refractivity (Wildman–Crippen MR) is 96.4 cm³/mol. The van der Waals surface area contributed by atoms with Crippen LogP contribution in [0.3, 0.4) is 0 Å². The van der Waals surface area contributed by atoms with E-state index in [9.17, 15) is 0 Å². The van der Waals surface area contributed by atoms with Gasteiger partial charge in [0.15, 0.2) is 0 Å². The van der Waals surface area contributed by atoms with Gasteiger partial charge in [-0.05, 0) is 87.0 Å². The van der Waals surface area contributed by atoms with Gasteiger partial charge in [0, 0.05) is 0 Å². The molecular formula is C18H35N3. The molecule has 3 nitrogen and oxygen atoms in total. The zero-order valence-electron chi connectivity index (χ0n) is 14.8. The van der Waals surface area contributed by atoms with Crippen molar-refractivity contribution >= 4 is 6.72 Å². The van der Waals surface area contributed by atoms with Gasteiger partial charge in [-0.15, -0.1) is 0 Å². The summed E-state index contributed by atoms with van der Waals surface area (Å²) in [4.78, 5) is 8.86. The zero-order valence-corrected chi connectivity index (χ0v) is 14.8. The van der Waals surface area contributed by atoms with Crippen molar-refractivity contribution < 1.29 is 0 Å². The van der Waals surface area contributed by atoms with Crippen molar-refractivity contribution in [2.24, 2.45) is 4.99 Å². The minimum absolute atomic E-state index is 0.253. The Bertz CT molecular complexity index is 314. The van der Waals surface area contributed by atoms with E-state index in [1.54, 1.807) is 0 Å². The fraction of sp³-hybridized carbons (Fsp3) is 0.722. The summed E-state index contributed by atoms with van der Waals surface area (Å²) < 4.78 is 0. The Labute approximate surface area is 132 Å². The van der Waals surface area contributed by atoms with Gasteiger partial charge in [-0.3, -0.25) is 4.99 Å². The number of hydrogen-bond donors (Lipinski definition) is 0. The smallest absolute Gasteiger partial charge is 0.0676 e. The molecule has 0 aliphatic heterocycles. The molecule has 0 amide bonds. The van der Waals surface area contributed by atoms with Gasteiger partial charge in [0.25, 0.3) is 0 Å². The van der Waals surface area contributed by atoms with Crippen LogP contribution in [0.4, 0.5) is 0 Å². The van der Waals surface area contributed by atoms with E-state index in [0.717, 1.165) is 13.0 Å². The second-order valence-electron chi connectivity index (χ2n) is 6.33. The number of hydrogen-bond acceptors (Lipinski definition) is 3. The van der Waals surface area contributed by atoms with E-state index in [0.29, 0.717) is 0 Å². The van der Waals surface area contributed by atoms with Crippen LogP contribution in [0.1, 0.15) is 39.5 Å². The van der Waals surface area contributed by atoms with Crippen molar-refractivity contribution in [2.75, 3.05) is 40.8 Å². The average Bonchev–Trinajstić information content (AvgIpc) is 2.41. The molecule has 3 heteroatoms. The van der Waals surface area contributed by atoms with Crippen LogP contribution in [0.2, 0.25) is 0 Å². The van der Waals surface area contributed by atoms with Crippen molar-refractivity contribution in [1.82, 2.24) is 9.80 Å². The van der Waals surface area contributed by atoms with E-state index in [1.807, 2.05) is 0 Å². The highest BCUT2D eigenvalue weighted by Crippen LogP contribution is 2.06. The quantitative estimate of drug-likeness (QED) is 0.311. The third kappa shape index (κ3) is 13.8. The van der Waals surface area contributed by atoms with E-state index in [2.05, 4.69) is 74.7 Å². The zero-order chi connectivity index (χ0) is 16.1. The summed E-state index contributed by atoms with van der Waals surface area (Å²) in [7, 11) is 6.48. The molecule has 0 N–H and O–H groups in total. The third-order valence-corrected chi connectivity index (χ3v) is 3.43. The van der Waals surface area contributed by atoms with Gasteiger partial charge in [0.2, 0.25) is 0 Å². The lowest BCUT2D eigenvalue weighted by atomic mass is 10.1. The maximum Gasteiger partial charge on any atom is 0.0676 e. The molecule has 0 rings (SSSR count). The van der Waals surface area contributed by atoms with Gasteiger partial charge < -0.3 is 9.80 Å². The summed E-state index contributed by atoms with van der Waals surface area (Å²) in [6.07, 6.45) is 11.2. The van der Waals surface area contributed by atoms with Gasteiger partial charge in [-0.2, -0.15) is 0 Å². The van der Waals surface area contributed by atoms with Crippen LogP contribution in [0.15, 0.2) is 28.8 Å². The second kappa shape index (κ2) is 12.8. The van der Waals surface area contributed by atoms with Gasteiger partial charge in [0.05, 0.1) is 6.04 Å². The minimum Gasteiger partial charge on any atom is -0.309 e. The van der Waals surface area contributed by atoms with Crippen LogP contribution in [0.25, 0.3) is 0 Å². The normalized spacial score (nSPS) is 13.1. The van der Waals surface area contributed by atoms with Crippen molar-refractivity contribution in [1.29, 1.82) is 0 Å². The molecule has 21 heavy (non-hydrogen) atoms. The predicted octanol–water partition coefficient (Wildman–Crippen LogP) is 3.63. The van der Waals surface area contributed by atoms with Crippen LogP contribution in [0, 0.1) is 0 Å². The van der Waals surface area contributed by atoms with Crippen LogP contribution in [0.5, 0.6) is 0 Å². The van der Waals surface area contributed by atoms with Crippen molar-refractivity contribution in [3.05, 3.63) is 23.8 Å². The Morgan fingerprint density at radius 3 is 2.24 bits per heavy atom. The molecule has 0 heterocycles. The van der Waals surface area contributed by atoms with Crippen molar-refractivity contribution in [3.8, 4) is 0 Å². The molecule has 1 unspecified atom stereocenters. The summed E-state index contributed by atoms with van der Waals surface area (Å²) in [6, 6.07) is 0.253. The van der Waals surface area contributed by atoms with Crippen molar-refractivity contribution in [3.63, 3.8) is 0 Å². The summed E-state index contributed by atoms with van der Waals surface area (Å²) >= 11 is 0. The molecule has 0 aromatic heterocycles. The molecule has 0 saturated heterocycles. The molecule has 0 aliphatic rings. The topological polar surface area (TPSA) is 18.8 Å². The first-order valence-electron chi connectivity index (χ1n) is 8.06. The highest BCUT2D eigenvalue weighted by atomic mass is 15.1. The molecule has 0 radical (unpaired) electrons.